The van der Waals surface area contributed by atoms with Gasteiger partial charge in [-0.25, -0.2) is 4.79 Å². The lowest BCUT2D eigenvalue weighted by Gasteiger charge is -2.52. The minimum absolute atomic E-state index is 0.0341. The van der Waals surface area contributed by atoms with Crippen LogP contribution in [0.25, 0.3) is 0 Å². The first kappa shape index (κ1) is 16.7. The number of aromatic hydroxyl groups is 1. The van der Waals surface area contributed by atoms with Crippen LogP contribution in [0.15, 0.2) is 18.2 Å². The highest BCUT2D eigenvalue weighted by atomic mass is 16.6. The maximum atomic E-state index is 11.8. The van der Waals surface area contributed by atoms with Gasteiger partial charge in [-0.05, 0) is 79.0 Å². The lowest BCUT2D eigenvalue weighted by Crippen LogP contribution is -2.48. The fourth-order valence-electron chi connectivity index (χ4n) is 6.30. The zero-order chi connectivity index (χ0) is 17.8. The largest absolute Gasteiger partial charge is 0.508 e. The average molecular weight is 343 g/mol. The van der Waals surface area contributed by atoms with Gasteiger partial charge < -0.3 is 15.2 Å². The van der Waals surface area contributed by atoms with Crippen LogP contribution >= 0.6 is 0 Å². The van der Waals surface area contributed by atoms with E-state index in [4.69, 9.17) is 4.74 Å². The van der Waals surface area contributed by atoms with E-state index in [1.165, 1.54) is 11.1 Å². The van der Waals surface area contributed by atoms with Crippen LogP contribution in [0.3, 0.4) is 0 Å². The lowest BCUT2D eigenvalue weighted by molar-refractivity contribution is -0.0420. The van der Waals surface area contributed by atoms with Gasteiger partial charge in [-0.1, -0.05) is 19.9 Å². The molecule has 0 aliphatic heterocycles. The molecule has 2 fully saturated rings. The Labute approximate surface area is 150 Å². The number of alkyl carbamates (subject to hydrolysis) is 1. The second kappa shape index (κ2) is 5.93. The normalized spacial score (nSPS) is 39.1. The van der Waals surface area contributed by atoms with Crippen LogP contribution < -0.4 is 5.32 Å². The summed E-state index contributed by atoms with van der Waals surface area (Å²) < 4.78 is 5.75. The molecule has 1 amide bonds. The number of phenols is 1. The van der Waals surface area contributed by atoms with Gasteiger partial charge in [0.2, 0.25) is 0 Å². The third-order valence-corrected chi connectivity index (χ3v) is 7.42. The monoisotopic (exact) mass is 343 g/mol. The summed E-state index contributed by atoms with van der Waals surface area (Å²) in [5.74, 6) is 2.82. The van der Waals surface area contributed by atoms with E-state index in [1.807, 2.05) is 12.1 Å². The van der Waals surface area contributed by atoms with Gasteiger partial charge in [0.15, 0.2) is 0 Å². The topological polar surface area (TPSA) is 58.6 Å². The number of phenolic OH excluding ortho intramolecular Hbond substituents is 1. The summed E-state index contributed by atoms with van der Waals surface area (Å²) >= 11 is 0. The molecular formula is C21H29NO3. The van der Waals surface area contributed by atoms with Crippen LogP contribution in [0.1, 0.15) is 56.6 Å². The van der Waals surface area contributed by atoms with E-state index in [2.05, 4.69) is 25.2 Å². The minimum atomic E-state index is -0.300. The smallest absolute Gasteiger partial charge is 0.407 e. The minimum Gasteiger partial charge on any atom is -0.508 e. The van der Waals surface area contributed by atoms with E-state index in [0.717, 1.165) is 32.1 Å². The highest BCUT2D eigenvalue weighted by Crippen LogP contribution is 2.62. The molecule has 0 aromatic heterocycles. The van der Waals surface area contributed by atoms with Gasteiger partial charge in [0.1, 0.15) is 11.9 Å². The standard InChI is InChI=1S/C21H29NO3/c1-12-10-13-11-14(23)4-5-15(13)16-8-9-21(2)17(19(12)16)6-7-18(21)25-20(24)22-3/h4-5,11-12,16-19,23H,6-10H2,1-3H3,(H,22,24)/t12-,16?,17?,18+,19?,21+/m1/s1. The number of amides is 1. The highest BCUT2D eigenvalue weighted by molar-refractivity contribution is 5.67. The Kier molecular flexibility index (Phi) is 3.97. The fraction of sp³-hybridized carbons (Fsp3) is 0.667. The predicted molar refractivity (Wildman–Crippen MR) is 96.6 cm³/mol. The van der Waals surface area contributed by atoms with Crippen molar-refractivity contribution in [2.45, 2.75) is 58.0 Å². The van der Waals surface area contributed by atoms with Crippen molar-refractivity contribution >= 4 is 6.09 Å². The van der Waals surface area contributed by atoms with Crippen LogP contribution in [-0.4, -0.2) is 24.4 Å². The summed E-state index contributed by atoms with van der Waals surface area (Å²) in [6.07, 6.45) is 5.15. The number of hydrogen-bond acceptors (Lipinski definition) is 3. The first-order valence-corrected chi connectivity index (χ1v) is 9.64. The van der Waals surface area contributed by atoms with Crippen molar-refractivity contribution in [3.8, 4) is 5.75 Å². The Morgan fingerprint density at radius 1 is 1.32 bits per heavy atom. The summed E-state index contributed by atoms with van der Waals surface area (Å²) in [4.78, 5) is 11.8. The summed E-state index contributed by atoms with van der Waals surface area (Å²) in [6, 6.07) is 5.94. The molecule has 3 unspecified atom stereocenters. The number of carbonyl (C=O) groups excluding carboxylic acids is 1. The van der Waals surface area contributed by atoms with Gasteiger partial charge in [0, 0.05) is 12.5 Å². The molecule has 4 nitrogen and oxygen atoms in total. The molecule has 0 heterocycles. The Hall–Kier alpha value is -1.71. The number of ether oxygens (including phenoxy) is 1. The molecule has 1 aromatic rings. The van der Waals surface area contributed by atoms with Crippen molar-refractivity contribution in [2.24, 2.45) is 23.2 Å². The first-order chi connectivity index (χ1) is 11.9. The van der Waals surface area contributed by atoms with E-state index in [1.54, 1.807) is 7.05 Å². The molecule has 25 heavy (non-hydrogen) atoms. The van der Waals surface area contributed by atoms with Crippen molar-refractivity contribution < 1.29 is 14.6 Å². The Morgan fingerprint density at radius 3 is 2.88 bits per heavy atom. The van der Waals surface area contributed by atoms with Crippen LogP contribution in [0.5, 0.6) is 5.75 Å². The van der Waals surface area contributed by atoms with E-state index < -0.39 is 0 Å². The van der Waals surface area contributed by atoms with Gasteiger partial charge in [-0.2, -0.15) is 0 Å². The van der Waals surface area contributed by atoms with E-state index in [-0.39, 0.29) is 17.6 Å². The summed E-state index contributed by atoms with van der Waals surface area (Å²) in [6.45, 7) is 4.71. The average Bonchev–Trinajstić information content (AvgIpc) is 2.90. The third kappa shape index (κ3) is 2.52. The molecule has 0 bridgehead atoms. The zero-order valence-electron chi connectivity index (χ0n) is 15.4. The zero-order valence-corrected chi connectivity index (χ0v) is 15.4. The van der Waals surface area contributed by atoms with E-state index >= 15 is 0 Å². The SMILES string of the molecule is CNC(=O)O[C@H]1CCC2C3C(CC[C@@]21C)c1ccc(O)cc1C[C@H]3C. The highest BCUT2D eigenvalue weighted by Gasteiger charge is 2.57. The van der Waals surface area contributed by atoms with Gasteiger partial charge in [-0.15, -0.1) is 0 Å². The van der Waals surface area contributed by atoms with Crippen molar-refractivity contribution in [3.05, 3.63) is 29.3 Å². The molecule has 2 saturated carbocycles. The Balaban J connectivity index is 1.64. The molecule has 6 atom stereocenters. The first-order valence-electron chi connectivity index (χ1n) is 9.64. The van der Waals surface area contributed by atoms with Crippen LogP contribution in [0, 0.1) is 23.2 Å². The second-order valence-corrected chi connectivity index (χ2v) is 8.62. The van der Waals surface area contributed by atoms with E-state index in [0.29, 0.717) is 29.4 Å². The molecule has 1 aromatic carbocycles. The molecular weight excluding hydrogens is 314 g/mol. The molecule has 4 rings (SSSR count). The number of fused-ring (bicyclic) bond motifs is 5. The third-order valence-electron chi connectivity index (χ3n) is 7.42. The molecule has 0 saturated heterocycles. The predicted octanol–water partition coefficient (Wildman–Crippen LogP) is 4.22. The quantitative estimate of drug-likeness (QED) is 0.803. The molecule has 3 aliphatic rings. The van der Waals surface area contributed by atoms with Crippen LogP contribution in [-0.2, 0) is 11.2 Å². The number of carbonyl (C=O) groups is 1. The van der Waals surface area contributed by atoms with Gasteiger partial charge in [0.25, 0.3) is 0 Å². The summed E-state index contributed by atoms with van der Waals surface area (Å²) in [5, 5.41) is 12.5. The molecule has 3 aliphatic carbocycles. The Bertz CT molecular complexity index is 688. The number of benzene rings is 1. The summed E-state index contributed by atoms with van der Waals surface area (Å²) in [5.41, 5.74) is 2.86. The van der Waals surface area contributed by atoms with Gasteiger partial charge in [-0.3, -0.25) is 0 Å². The van der Waals surface area contributed by atoms with Crippen LogP contribution in [0.2, 0.25) is 0 Å². The second-order valence-electron chi connectivity index (χ2n) is 8.62. The lowest BCUT2D eigenvalue weighted by atomic mass is 9.53. The van der Waals surface area contributed by atoms with E-state index in [9.17, 15) is 9.90 Å². The van der Waals surface area contributed by atoms with Gasteiger partial charge in [0.05, 0.1) is 0 Å². The molecule has 136 valence electrons. The Morgan fingerprint density at radius 2 is 2.12 bits per heavy atom. The van der Waals surface area contributed by atoms with Crippen molar-refractivity contribution in [2.75, 3.05) is 7.05 Å². The number of hydrogen-bond donors (Lipinski definition) is 2. The van der Waals surface area contributed by atoms with Gasteiger partial charge >= 0.3 is 6.09 Å². The number of nitrogens with one attached hydrogen (secondary N) is 1. The maximum Gasteiger partial charge on any atom is 0.407 e. The summed E-state index contributed by atoms with van der Waals surface area (Å²) in [7, 11) is 1.63. The molecule has 4 heteroatoms. The van der Waals surface area contributed by atoms with Crippen LogP contribution in [0.4, 0.5) is 4.79 Å². The number of rotatable bonds is 1. The van der Waals surface area contributed by atoms with Crippen molar-refractivity contribution in [3.63, 3.8) is 0 Å². The van der Waals surface area contributed by atoms with Crippen molar-refractivity contribution in [1.29, 1.82) is 0 Å². The maximum absolute atomic E-state index is 11.8. The fourth-order valence-corrected chi connectivity index (χ4v) is 6.30. The molecule has 0 spiro atoms. The molecule has 2 N–H and O–H groups in total. The van der Waals surface area contributed by atoms with Crippen molar-refractivity contribution in [1.82, 2.24) is 5.32 Å². The molecule has 0 radical (unpaired) electrons.